The van der Waals surface area contributed by atoms with Crippen LogP contribution in [0.2, 0.25) is 0 Å². The summed E-state index contributed by atoms with van der Waals surface area (Å²) >= 11 is 0. The van der Waals surface area contributed by atoms with Crippen LogP contribution in [0.4, 0.5) is 0 Å². The zero-order valence-electron chi connectivity index (χ0n) is 12.9. The van der Waals surface area contributed by atoms with Gasteiger partial charge in [-0.3, -0.25) is 14.5 Å². The van der Waals surface area contributed by atoms with Gasteiger partial charge in [0, 0.05) is 52.2 Å². The summed E-state index contributed by atoms with van der Waals surface area (Å²) in [5.74, 6) is 0.103. The number of nitrogens with one attached hydrogen (secondary N) is 2. The summed E-state index contributed by atoms with van der Waals surface area (Å²) in [6, 6.07) is 0. The molecule has 0 atom stereocenters. The minimum Gasteiger partial charge on any atom is -0.353 e. The molecule has 2 heterocycles. The molecule has 2 aliphatic heterocycles. The van der Waals surface area contributed by atoms with Gasteiger partial charge in [-0.1, -0.05) is 12.8 Å². The van der Waals surface area contributed by atoms with Crippen molar-refractivity contribution in [3.63, 3.8) is 0 Å². The molecule has 0 aliphatic carbocycles. The van der Waals surface area contributed by atoms with E-state index in [4.69, 9.17) is 0 Å². The molecule has 2 fully saturated rings. The van der Waals surface area contributed by atoms with Crippen LogP contribution in [-0.2, 0) is 9.59 Å². The molecule has 0 spiro atoms. The molecular weight excluding hydrogens is 268 g/mol. The largest absolute Gasteiger partial charge is 0.353 e. The summed E-state index contributed by atoms with van der Waals surface area (Å²) in [6.45, 7) is 6.64. The number of hydrogen-bond donors (Lipinski definition) is 2. The van der Waals surface area contributed by atoms with Crippen LogP contribution in [0.15, 0.2) is 0 Å². The number of carbonyl (C=O) groups excluding carboxylic acids is 2. The highest BCUT2D eigenvalue weighted by atomic mass is 16.2. The maximum Gasteiger partial charge on any atom is 0.239 e. The van der Waals surface area contributed by atoms with E-state index in [-0.39, 0.29) is 18.4 Å². The number of likely N-dealkylation sites (tertiary alicyclic amines) is 1. The lowest BCUT2D eigenvalue weighted by Crippen LogP contribution is -2.47. The summed E-state index contributed by atoms with van der Waals surface area (Å²) in [4.78, 5) is 28.0. The average Bonchev–Trinajstić information content (AvgIpc) is 2.48. The minimum atomic E-state index is -0.0287. The van der Waals surface area contributed by atoms with Crippen LogP contribution in [0.3, 0.4) is 0 Å². The van der Waals surface area contributed by atoms with Gasteiger partial charge in [0.1, 0.15) is 0 Å². The zero-order chi connectivity index (χ0) is 14.9. The smallest absolute Gasteiger partial charge is 0.239 e. The number of rotatable bonds is 5. The van der Waals surface area contributed by atoms with Gasteiger partial charge >= 0.3 is 0 Å². The van der Waals surface area contributed by atoms with Gasteiger partial charge in [0.25, 0.3) is 0 Å². The quantitative estimate of drug-likeness (QED) is 0.737. The third-order valence-electron chi connectivity index (χ3n) is 4.22. The monoisotopic (exact) mass is 296 g/mol. The Balaban J connectivity index is 1.64. The molecule has 2 N–H and O–H groups in total. The van der Waals surface area contributed by atoms with E-state index in [0.717, 1.165) is 65.0 Å². The number of nitrogens with zero attached hydrogens (tertiary/aromatic N) is 2. The summed E-state index contributed by atoms with van der Waals surface area (Å²) in [5.41, 5.74) is 0. The predicted octanol–water partition coefficient (Wildman–Crippen LogP) is -0.199. The predicted molar refractivity (Wildman–Crippen MR) is 82.0 cm³/mol. The normalized spacial score (nSPS) is 21.7. The molecule has 21 heavy (non-hydrogen) atoms. The molecule has 120 valence electrons. The highest BCUT2D eigenvalue weighted by Crippen LogP contribution is 2.11. The first kappa shape index (κ1) is 16.2. The Bertz CT molecular complexity index is 343. The molecular formula is C15H28N4O2. The van der Waals surface area contributed by atoms with Crippen LogP contribution in [0.5, 0.6) is 0 Å². The van der Waals surface area contributed by atoms with Gasteiger partial charge < -0.3 is 15.5 Å². The molecule has 0 bridgehead atoms. The second kappa shape index (κ2) is 9.00. The molecule has 2 saturated heterocycles. The Morgan fingerprint density at radius 3 is 2.67 bits per heavy atom. The fourth-order valence-electron chi connectivity index (χ4n) is 2.90. The Hall–Kier alpha value is -1.14. The van der Waals surface area contributed by atoms with Gasteiger partial charge in [0.15, 0.2) is 0 Å². The van der Waals surface area contributed by atoms with Gasteiger partial charge in [-0.05, 0) is 12.8 Å². The van der Waals surface area contributed by atoms with Crippen LogP contribution < -0.4 is 10.6 Å². The number of piperazine rings is 1. The molecule has 0 aromatic rings. The Morgan fingerprint density at radius 1 is 1.10 bits per heavy atom. The second-order valence-corrected chi connectivity index (χ2v) is 5.92. The van der Waals surface area contributed by atoms with Crippen molar-refractivity contribution in [2.75, 3.05) is 52.4 Å². The van der Waals surface area contributed by atoms with Crippen molar-refractivity contribution in [1.82, 2.24) is 20.4 Å². The lowest BCUT2D eigenvalue weighted by atomic mass is 10.1. The van der Waals surface area contributed by atoms with Crippen LogP contribution in [0, 0.1) is 0 Å². The highest BCUT2D eigenvalue weighted by molar-refractivity contribution is 5.84. The minimum absolute atomic E-state index is 0.0287. The van der Waals surface area contributed by atoms with E-state index in [2.05, 4.69) is 15.5 Å². The fraction of sp³-hybridized carbons (Fsp3) is 0.867. The van der Waals surface area contributed by atoms with Crippen LogP contribution >= 0.6 is 0 Å². The zero-order valence-corrected chi connectivity index (χ0v) is 12.9. The van der Waals surface area contributed by atoms with Crippen molar-refractivity contribution in [3.8, 4) is 0 Å². The molecule has 2 amide bonds. The maximum absolute atomic E-state index is 12.0. The first-order valence-electron chi connectivity index (χ1n) is 8.23. The molecule has 0 radical (unpaired) electrons. The molecule has 0 aromatic carbocycles. The first-order chi connectivity index (χ1) is 10.3. The molecule has 0 aromatic heterocycles. The van der Waals surface area contributed by atoms with E-state index in [1.165, 1.54) is 0 Å². The molecule has 0 saturated carbocycles. The summed E-state index contributed by atoms with van der Waals surface area (Å²) in [5, 5.41) is 6.25. The van der Waals surface area contributed by atoms with Gasteiger partial charge in [0.05, 0.1) is 6.54 Å². The Kier molecular flexibility index (Phi) is 6.95. The van der Waals surface area contributed by atoms with Gasteiger partial charge in [-0.15, -0.1) is 0 Å². The second-order valence-electron chi connectivity index (χ2n) is 5.92. The van der Waals surface area contributed by atoms with E-state index < -0.39 is 0 Å². The van der Waals surface area contributed by atoms with Crippen molar-refractivity contribution in [2.45, 2.75) is 32.1 Å². The highest BCUT2D eigenvalue weighted by Gasteiger charge is 2.18. The van der Waals surface area contributed by atoms with Crippen molar-refractivity contribution >= 4 is 11.8 Å². The fourth-order valence-corrected chi connectivity index (χ4v) is 2.90. The number of hydrogen-bond acceptors (Lipinski definition) is 4. The van der Waals surface area contributed by atoms with Gasteiger partial charge in [0.2, 0.25) is 11.8 Å². The molecule has 0 unspecified atom stereocenters. The summed E-state index contributed by atoms with van der Waals surface area (Å²) < 4.78 is 0. The molecule has 6 heteroatoms. The average molecular weight is 296 g/mol. The van der Waals surface area contributed by atoms with E-state index in [0.29, 0.717) is 13.0 Å². The molecule has 6 nitrogen and oxygen atoms in total. The number of amides is 2. The van der Waals surface area contributed by atoms with Crippen LogP contribution in [0.1, 0.15) is 32.1 Å². The van der Waals surface area contributed by atoms with Crippen molar-refractivity contribution < 1.29 is 9.59 Å². The third kappa shape index (κ3) is 6.01. The topological polar surface area (TPSA) is 64.7 Å². The Labute approximate surface area is 127 Å². The SMILES string of the molecule is O=C(CN1CCCCCCC1=O)NCCN1CCNCC1. The van der Waals surface area contributed by atoms with Gasteiger partial charge in [-0.2, -0.15) is 0 Å². The van der Waals surface area contributed by atoms with E-state index in [1.54, 1.807) is 4.90 Å². The van der Waals surface area contributed by atoms with Crippen LogP contribution in [-0.4, -0.2) is 74.0 Å². The third-order valence-corrected chi connectivity index (χ3v) is 4.22. The molecule has 2 rings (SSSR count). The lowest BCUT2D eigenvalue weighted by molar-refractivity contribution is -0.136. The van der Waals surface area contributed by atoms with Crippen molar-refractivity contribution in [3.05, 3.63) is 0 Å². The first-order valence-corrected chi connectivity index (χ1v) is 8.23. The Morgan fingerprint density at radius 2 is 1.86 bits per heavy atom. The van der Waals surface area contributed by atoms with Gasteiger partial charge in [-0.25, -0.2) is 0 Å². The maximum atomic E-state index is 12.0. The van der Waals surface area contributed by atoms with E-state index >= 15 is 0 Å². The van der Waals surface area contributed by atoms with E-state index in [1.807, 2.05) is 0 Å². The summed E-state index contributed by atoms with van der Waals surface area (Å²) in [7, 11) is 0. The summed E-state index contributed by atoms with van der Waals surface area (Å²) in [6.07, 6.45) is 4.86. The van der Waals surface area contributed by atoms with Crippen LogP contribution in [0.25, 0.3) is 0 Å². The lowest BCUT2D eigenvalue weighted by Gasteiger charge is -2.27. The van der Waals surface area contributed by atoms with E-state index in [9.17, 15) is 9.59 Å². The standard InChI is InChI=1S/C15H28N4O2/c20-14(17-8-12-18-10-6-16-7-11-18)13-19-9-4-2-1-3-5-15(19)21/h16H,1-13H2,(H,17,20). The van der Waals surface area contributed by atoms with Crippen molar-refractivity contribution in [2.24, 2.45) is 0 Å². The number of carbonyl (C=O) groups is 2. The van der Waals surface area contributed by atoms with Crippen molar-refractivity contribution in [1.29, 1.82) is 0 Å². The molecule has 2 aliphatic rings.